The summed E-state index contributed by atoms with van der Waals surface area (Å²) >= 11 is 5.79. The van der Waals surface area contributed by atoms with Crippen LogP contribution in [0, 0.1) is 11.3 Å². The molecule has 1 rings (SSSR count). The molecule has 0 unspecified atom stereocenters. The minimum absolute atomic E-state index is 0.0341. The van der Waals surface area contributed by atoms with Gasteiger partial charge in [0, 0.05) is 12.7 Å². The Balaban J connectivity index is 3.10. The Hall–Kier alpha value is -1.52. The van der Waals surface area contributed by atoms with Gasteiger partial charge in [-0.1, -0.05) is 11.6 Å². The summed E-state index contributed by atoms with van der Waals surface area (Å²) in [5.41, 5.74) is 0.0341. The second-order valence-electron chi connectivity index (χ2n) is 3.37. The second kappa shape index (κ2) is 5.89. The monoisotopic (exact) mass is 279 g/mol. The molecule has 0 saturated heterocycles. The summed E-state index contributed by atoms with van der Waals surface area (Å²) in [5, 5.41) is 17.3. The number of alkyl halides is 3. The Kier molecular flexibility index (Phi) is 4.76. The van der Waals surface area contributed by atoms with Crippen LogP contribution in [0.4, 0.5) is 19.0 Å². The molecular formula is C10H9ClF3N3O. The van der Waals surface area contributed by atoms with Crippen molar-refractivity contribution in [2.45, 2.75) is 6.18 Å². The van der Waals surface area contributed by atoms with Crippen LogP contribution >= 0.6 is 11.6 Å². The molecule has 0 aliphatic carbocycles. The van der Waals surface area contributed by atoms with Crippen LogP contribution in [0.5, 0.6) is 0 Å². The van der Waals surface area contributed by atoms with E-state index in [1.807, 2.05) is 0 Å². The van der Waals surface area contributed by atoms with Crippen molar-refractivity contribution in [1.29, 1.82) is 5.26 Å². The quantitative estimate of drug-likeness (QED) is 0.915. The maximum absolute atomic E-state index is 12.4. The summed E-state index contributed by atoms with van der Waals surface area (Å²) < 4.78 is 37.1. The summed E-state index contributed by atoms with van der Waals surface area (Å²) in [6.45, 7) is -2.05. The number of hydrogen-bond donors (Lipinski definition) is 1. The van der Waals surface area contributed by atoms with E-state index in [-0.39, 0.29) is 22.9 Å². The molecule has 0 amide bonds. The van der Waals surface area contributed by atoms with Crippen molar-refractivity contribution < 1.29 is 18.3 Å². The van der Waals surface area contributed by atoms with Gasteiger partial charge in [-0.25, -0.2) is 4.98 Å². The lowest BCUT2D eigenvalue weighted by Gasteiger charge is -2.24. The maximum atomic E-state index is 12.4. The van der Waals surface area contributed by atoms with Gasteiger partial charge in [0.1, 0.15) is 23.5 Å². The summed E-state index contributed by atoms with van der Waals surface area (Å²) in [4.78, 5) is 4.50. The molecule has 0 aromatic carbocycles. The van der Waals surface area contributed by atoms with Gasteiger partial charge in [0.2, 0.25) is 0 Å². The predicted molar refractivity (Wildman–Crippen MR) is 59.3 cm³/mol. The molecule has 1 heterocycles. The summed E-state index contributed by atoms with van der Waals surface area (Å²) in [5.74, 6) is -0.165. The van der Waals surface area contributed by atoms with E-state index >= 15 is 0 Å². The number of anilines is 1. The Labute approximate surface area is 106 Å². The van der Waals surface area contributed by atoms with Gasteiger partial charge >= 0.3 is 6.18 Å². The zero-order valence-corrected chi connectivity index (χ0v) is 9.83. The van der Waals surface area contributed by atoms with Crippen molar-refractivity contribution in [3.05, 3.63) is 22.8 Å². The zero-order valence-electron chi connectivity index (χ0n) is 9.08. The van der Waals surface area contributed by atoms with E-state index < -0.39 is 19.3 Å². The molecular weight excluding hydrogens is 271 g/mol. The Morgan fingerprint density at radius 1 is 1.50 bits per heavy atom. The first-order valence-electron chi connectivity index (χ1n) is 4.86. The van der Waals surface area contributed by atoms with Crippen molar-refractivity contribution in [2.75, 3.05) is 24.6 Å². The number of aromatic nitrogens is 1. The number of halogens is 4. The highest BCUT2D eigenvalue weighted by Crippen LogP contribution is 2.28. The highest BCUT2D eigenvalue weighted by molar-refractivity contribution is 6.34. The van der Waals surface area contributed by atoms with Crippen LogP contribution in [0.1, 0.15) is 5.56 Å². The van der Waals surface area contributed by atoms with Crippen LogP contribution in [-0.4, -0.2) is 36.0 Å². The van der Waals surface area contributed by atoms with E-state index in [4.69, 9.17) is 22.0 Å². The molecule has 0 bridgehead atoms. The number of hydrogen-bond acceptors (Lipinski definition) is 4. The normalized spacial score (nSPS) is 11.1. The van der Waals surface area contributed by atoms with Gasteiger partial charge in [0.05, 0.1) is 12.2 Å². The van der Waals surface area contributed by atoms with E-state index in [1.165, 1.54) is 12.3 Å². The van der Waals surface area contributed by atoms with Gasteiger partial charge in [-0.05, 0) is 6.07 Å². The van der Waals surface area contributed by atoms with Crippen LogP contribution in [-0.2, 0) is 0 Å². The Bertz CT molecular complexity index is 459. The third-order valence-corrected chi connectivity index (χ3v) is 2.40. The predicted octanol–water partition coefficient (Wildman–Crippen LogP) is 1.97. The second-order valence-corrected chi connectivity index (χ2v) is 3.75. The molecule has 1 aromatic heterocycles. The molecule has 98 valence electrons. The summed E-state index contributed by atoms with van der Waals surface area (Å²) in [6.07, 6.45) is -3.26. The van der Waals surface area contributed by atoms with E-state index in [0.717, 1.165) is 4.90 Å². The molecule has 0 radical (unpaired) electrons. The van der Waals surface area contributed by atoms with Crippen molar-refractivity contribution >= 4 is 17.4 Å². The average Bonchev–Trinajstić information content (AvgIpc) is 2.27. The highest BCUT2D eigenvalue weighted by Gasteiger charge is 2.32. The standard InChI is InChI=1S/C10H9ClF3N3O/c11-8-7(5-15)1-2-16-9(8)17(3-4-18)6-10(12,13)14/h1-2,18H,3-4,6H2. The fourth-order valence-corrected chi connectivity index (χ4v) is 1.61. The Morgan fingerprint density at radius 2 is 2.17 bits per heavy atom. The first kappa shape index (κ1) is 14.5. The first-order chi connectivity index (χ1) is 8.39. The molecule has 0 fully saturated rings. The lowest BCUT2D eigenvalue weighted by molar-refractivity contribution is -0.119. The van der Waals surface area contributed by atoms with Crippen LogP contribution in [0.15, 0.2) is 12.3 Å². The van der Waals surface area contributed by atoms with Crippen molar-refractivity contribution in [3.8, 4) is 6.07 Å². The molecule has 0 aliphatic heterocycles. The van der Waals surface area contributed by atoms with E-state index in [9.17, 15) is 13.2 Å². The van der Waals surface area contributed by atoms with Crippen LogP contribution in [0.25, 0.3) is 0 Å². The fourth-order valence-electron chi connectivity index (χ4n) is 1.34. The van der Waals surface area contributed by atoms with Crippen molar-refractivity contribution in [1.82, 2.24) is 4.98 Å². The van der Waals surface area contributed by atoms with E-state index in [0.29, 0.717) is 0 Å². The van der Waals surface area contributed by atoms with Crippen molar-refractivity contribution in [3.63, 3.8) is 0 Å². The van der Waals surface area contributed by atoms with Crippen LogP contribution in [0.2, 0.25) is 5.02 Å². The van der Waals surface area contributed by atoms with E-state index in [1.54, 1.807) is 6.07 Å². The molecule has 18 heavy (non-hydrogen) atoms. The van der Waals surface area contributed by atoms with Gasteiger partial charge in [-0.15, -0.1) is 0 Å². The SMILES string of the molecule is N#Cc1ccnc(N(CCO)CC(F)(F)F)c1Cl. The zero-order chi connectivity index (χ0) is 13.8. The first-order valence-corrected chi connectivity index (χ1v) is 5.24. The molecule has 1 aromatic rings. The van der Waals surface area contributed by atoms with Crippen LogP contribution < -0.4 is 4.90 Å². The van der Waals surface area contributed by atoms with Gasteiger partial charge in [-0.2, -0.15) is 18.4 Å². The topological polar surface area (TPSA) is 60.2 Å². The number of pyridine rings is 1. The van der Waals surface area contributed by atoms with Gasteiger partial charge in [0.25, 0.3) is 0 Å². The summed E-state index contributed by atoms with van der Waals surface area (Å²) in [7, 11) is 0. The Morgan fingerprint density at radius 3 is 2.67 bits per heavy atom. The molecule has 0 aliphatic rings. The number of aliphatic hydroxyl groups excluding tert-OH is 1. The lowest BCUT2D eigenvalue weighted by atomic mass is 10.2. The fraction of sp³-hybridized carbons (Fsp3) is 0.400. The molecule has 0 atom stereocenters. The number of aliphatic hydroxyl groups is 1. The van der Waals surface area contributed by atoms with Gasteiger partial charge < -0.3 is 10.0 Å². The minimum Gasteiger partial charge on any atom is -0.395 e. The maximum Gasteiger partial charge on any atom is 0.405 e. The minimum atomic E-state index is -4.46. The third kappa shape index (κ3) is 3.75. The largest absolute Gasteiger partial charge is 0.405 e. The van der Waals surface area contributed by atoms with E-state index in [2.05, 4.69) is 4.98 Å². The van der Waals surface area contributed by atoms with Gasteiger partial charge in [-0.3, -0.25) is 0 Å². The number of nitrogens with zero attached hydrogens (tertiary/aromatic N) is 3. The smallest absolute Gasteiger partial charge is 0.395 e. The summed E-state index contributed by atoms with van der Waals surface area (Å²) in [6, 6.07) is 3.06. The number of nitriles is 1. The van der Waals surface area contributed by atoms with Gasteiger partial charge in [0.15, 0.2) is 0 Å². The van der Waals surface area contributed by atoms with Crippen LogP contribution in [0.3, 0.4) is 0 Å². The molecule has 4 nitrogen and oxygen atoms in total. The molecule has 1 N–H and O–H groups in total. The molecule has 0 saturated carbocycles. The average molecular weight is 280 g/mol. The highest BCUT2D eigenvalue weighted by atomic mass is 35.5. The van der Waals surface area contributed by atoms with Crippen molar-refractivity contribution in [2.24, 2.45) is 0 Å². The third-order valence-electron chi connectivity index (χ3n) is 2.03. The molecule has 8 heteroatoms. The molecule has 0 spiro atoms. The number of rotatable bonds is 4. The lowest BCUT2D eigenvalue weighted by Crippen LogP contribution is -2.37.